The molecule has 1 aliphatic carbocycles. The number of rotatable bonds is 6. The van der Waals surface area contributed by atoms with Gasteiger partial charge in [-0.05, 0) is 31.0 Å². The van der Waals surface area contributed by atoms with Crippen molar-refractivity contribution in [3.8, 4) is 11.5 Å². The van der Waals surface area contributed by atoms with Crippen LogP contribution in [0.15, 0.2) is 18.2 Å². The van der Waals surface area contributed by atoms with Crippen LogP contribution in [0.3, 0.4) is 0 Å². The smallest absolute Gasteiger partial charge is 0.258 e. The first-order valence-corrected chi connectivity index (χ1v) is 5.78. The minimum Gasteiger partial charge on any atom is -0.493 e. The highest BCUT2D eigenvalue weighted by Crippen LogP contribution is 2.27. The third-order valence-corrected chi connectivity index (χ3v) is 2.62. The molecule has 1 N–H and O–H groups in total. The van der Waals surface area contributed by atoms with Crippen molar-refractivity contribution in [1.29, 1.82) is 0 Å². The van der Waals surface area contributed by atoms with Crippen molar-refractivity contribution >= 4 is 12.2 Å². The fourth-order valence-corrected chi connectivity index (χ4v) is 1.52. The molecule has 5 heteroatoms. The predicted molar refractivity (Wildman–Crippen MR) is 65.0 cm³/mol. The standard InChI is InChI=1S/C13H15NO4/c1-17-11-5-2-9(7-15)6-12(11)18-8-13(16)14-10-3-4-10/h2,5-7,10H,3-4,8H2,1H3,(H,14,16). The summed E-state index contributed by atoms with van der Waals surface area (Å²) in [4.78, 5) is 22.1. The Balaban J connectivity index is 1.97. The van der Waals surface area contributed by atoms with Crippen molar-refractivity contribution in [2.45, 2.75) is 18.9 Å². The first kappa shape index (κ1) is 12.4. The number of carbonyl (C=O) groups excluding carboxylic acids is 2. The van der Waals surface area contributed by atoms with Crippen molar-refractivity contribution < 1.29 is 19.1 Å². The molecule has 0 heterocycles. The molecule has 1 aromatic carbocycles. The van der Waals surface area contributed by atoms with E-state index in [0.29, 0.717) is 23.1 Å². The number of benzene rings is 1. The highest BCUT2D eigenvalue weighted by molar-refractivity contribution is 5.79. The molecule has 1 saturated carbocycles. The largest absolute Gasteiger partial charge is 0.493 e. The first-order valence-electron chi connectivity index (χ1n) is 5.78. The number of hydrogen-bond donors (Lipinski definition) is 1. The number of aldehydes is 1. The molecule has 0 unspecified atom stereocenters. The maximum absolute atomic E-state index is 11.5. The lowest BCUT2D eigenvalue weighted by Crippen LogP contribution is -2.30. The molecule has 1 fully saturated rings. The molecule has 0 atom stereocenters. The maximum atomic E-state index is 11.5. The van der Waals surface area contributed by atoms with Gasteiger partial charge in [-0.2, -0.15) is 0 Å². The van der Waals surface area contributed by atoms with Crippen LogP contribution < -0.4 is 14.8 Å². The molecule has 0 saturated heterocycles. The lowest BCUT2D eigenvalue weighted by molar-refractivity contribution is -0.123. The molecule has 96 valence electrons. The highest BCUT2D eigenvalue weighted by atomic mass is 16.5. The van der Waals surface area contributed by atoms with Gasteiger partial charge in [-0.1, -0.05) is 0 Å². The van der Waals surface area contributed by atoms with Gasteiger partial charge in [0.15, 0.2) is 18.1 Å². The van der Waals surface area contributed by atoms with Gasteiger partial charge in [-0.3, -0.25) is 9.59 Å². The molecule has 1 amide bonds. The zero-order valence-electron chi connectivity index (χ0n) is 10.1. The average molecular weight is 249 g/mol. The summed E-state index contributed by atoms with van der Waals surface area (Å²) in [5, 5.41) is 2.82. The van der Waals surface area contributed by atoms with E-state index in [2.05, 4.69) is 5.32 Å². The Hall–Kier alpha value is -2.04. The molecule has 5 nitrogen and oxygen atoms in total. The quantitative estimate of drug-likeness (QED) is 0.768. The monoisotopic (exact) mass is 249 g/mol. The molecule has 0 bridgehead atoms. The fourth-order valence-electron chi connectivity index (χ4n) is 1.52. The number of amides is 1. The summed E-state index contributed by atoms with van der Waals surface area (Å²) < 4.78 is 10.5. The molecule has 0 radical (unpaired) electrons. The van der Waals surface area contributed by atoms with Crippen molar-refractivity contribution in [1.82, 2.24) is 5.32 Å². The Morgan fingerprint density at radius 1 is 1.44 bits per heavy atom. The Morgan fingerprint density at radius 3 is 2.83 bits per heavy atom. The zero-order valence-corrected chi connectivity index (χ0v) is 10.1. The van der Waals surface area contributed by atoms with Gasteiger partial charge >= 0.3 is 0 Å². The summed E-state index contributed by atoms with van der Waals surface area (Å²) >= 11 is 0. The summed E-state index contributed by atoms with van der Waals surface area (Å²) in [7, 11) is 1.51. The SMILES string of the molecule is COc1ccc(C=O)cc1OCC(=O)NC1CC1. The second-order valence-electron chi connectivity index (χ2n) is 4.16. The molecular formula is C13H15NO4. The van der Waals surface area contributed by atoms with Crippen molar-refractivity contribution in [2.75, 3.05) is 13.7 Å². The van der Waals surface area contributed by atoms with Crippen LogP contribution in [0.5, 0.6) is 11.5 Å². The van der Waals surface area contributed by atoms with Crippen LogP contribution in [-0.2, 0) is 4.79 Å². The third-order valence-electron chi connectivity index (χ3n) is 2.62. The minimum absolute atomic E-state index is 0.0742. The van der Waals surface area contributed by atoms with E-state index in [-0.39, 0.29) is 12.5 Å². The fraction of sp³-hybridized carbons (Fsp3) is 0.385. The van der Waals surface area contributed by atoms with E-state index in [1.807, 2.05) is 0 Å². The number of nitrogens with one attached hydrogen (secondary N) is 1. The Labute approximate surface area is 105 Å². The summed E-state index contributed by atoms with van der Waals surface area (Å²) in [6, 6.07) is 5.13. The van der Waals surface area contributed by atoms with Crippen molar-refractivity contribution in [3.05, 3.63) is 23.8 Å². The Bertz CT molecular complexity index is 454. The Morgan fingerprint density at radius 2 is 2.22 bits per heavy atom. The topological polar surface area (TPSA) is 64.6 Å². The van der Waals surface area contributed by atoms with E-state index in [9.17, 15) is 9.59 Å². The maximum Gasteiger partial charge on any atom is 0.258 e. The van der Waals surface area contributed by atoms with E-state index in [1.54, 1.807) is 18.2 Å². The van der Waals surface area contributed by atoms with Crippen LogP contribution >= 0.6 is 0 Å². The summed E-state index contributed by atoms with van der Waals surface area (Å²) in [6.45, 7) is -0.0742. The van der Waals surface area contributed by atoms with Gasteiger partial charge < -0.3 is 14.8 Å². The molecule has 0 spiro atoms. The van der Waals surface area contributed by atoms with Gasteiger partial charge in [0.25, 0.3) is 5.91 Å². The van der Waals surface area contributed by atoms with E-state index in [0.717, 1.165) is 19.1 Å². The normalized spacial score (nSPS) is 13.8. The molecule has 0 aromatic heterocycles. The van der Waals surface area contributed by atoms with E-state index >= 15 is 0 Å². The number of carbonyl (C=O) groups is 2. The van der Waals surface area contributed by atoms with Crippen LogP contribution in [0.2, 0.25) is 0 Å². The summed E-state index contributed by atoms with van der Waals surface area (Å²) in [6.07, 6.45) is 2.79. The zero-order chi connectivity index (χ0) is 13.0. The number of hydrogen-bond acceptors (Lipinski definition) is 4. The number of methoxy groups -OCH3 is 1. The average Bonchev–Trinajstić information content (AvgIpc) is 3.19. The van der Waals surface area contributed by atoms with Crippen molar-refractivity contribution in [3.63, 3.8) is 0 Å². The highest BCUT2D eigenvalue weighted by Gasteiger charge is 2.23. The van der Waals surface area contributed by atoms with Gasteiger partial charge in [0, 0.05) is 11.6 Å². The molecule has 1 aliphatic rings. The molecule has 0 aliphatic heterocycles. The molecular weight excluding hydrogens is 234 g/mol. The summed E-state index contributed by atoms with van der Waals surface area (Å²) in [5.41, 5.74) is 0.480. The van der Waals surface area contributed by atoms with Crippen LogP contribution in [0.4, 0.5) is 0 Å². The van der Waals surface area contributed by atoms with Gasteiger partial charge in [0.1, 0.15) is 6.29 Å². The summed E-state index contributed by atoms with van der Waals surface area (Å²) in [5.74, 6) is 0.740. The van der Waals surface area contributed by atoms with Crippen LogP contribution in [0.25, 0.3) is 0 Å². The van der Waals surface area contributed by atoms with Gasteiger partial charge in [-0.15, -0.1) is 0 Å². The molecule has 18 heavy (non-hydrogen) atoms. The number of ether oxygens (including phenoxy) is 2. The minimum atomic E-state index is -0.156. The lowest BCUT2D eigenvalue weighted by atomic mass is 10.2. The second kappa shape index (κ2) is 5.53. The van der Waals surface area contributed by atoms with Crippen molar-refractivity contribution in [2.24, 2.45) is 0 Å². The van der Waals surface area contributed by atoms with E-state index in [4.69, 9.17) is 9.47 Å². The van der Waals surface area contributed by atoms with E-state index in [1.165, 1.54) is 7.11 Å². The van der Waals surface area contributed by atoms with Gasteiger partial charge in [0.05, 0.1) is 7.11 Å². The van der Waals surface area contributed by atoms with Crippen LogP contribution in [0.1, 0.15) is 23.2 Å². The van der Waals surface area contributed by atoms with E-state index < -0.39 is 0 Å². The molecule has 2 rings (SSSR count). The van der Waals surface area contributed by atoms with Gasteiger partial charge in [0.2, 0.25) is 0 Å². The third kappa shape index (κ3) is 3.23. The first-order chi connectivity index (χ1) is 8.72. The predicted octanol–water partition coefficient (Wildman–Crippen LogP) is 1.17. The molecule has 1 aromatic rings. The van der Waals surface area contributed by atoms with Gasteiger partial charge in [-0.25, -0.2) is 0 Å². The lowest BCUT2D eigenvalue weighted by Gasteiger charge is -2.10. The van der Waals surface area contributed by atoms with Crippen LogP contribution in [-0.4, -0.2) is 32.0 Å². The van der Waals surface area contributed by atoms with Crippen LogP contribution in [0, 0.1) is 0 Å². The second-order valence-corrected chi connectivity index (χ2v) is 4.16. The Kier molecular flexibility index (Phi) is 3.82.